The number of aromatic nitrogens is 1. The van der Waals surface area contributed by atoms with Gasteiger partial charge in [-0.15, -0.1) is 0 Å². The van der Waals surface area contributed by atoms with Gasteiger partial charge in [0.15, 0.2) is 0 Å². The van der Waals surface area contributed by atoms with E-state index in [1.807, 2.05) is 42.5 Å². The maximum Gasteiger partial charge on any atom is 0.226 e. The predicted molar refractivity (Wildman–Crippen MR) is 106 cm³/mol. The van der Waals surface area contributed by atoms with Crippen LogP contribution in [0.1, 0.15) is 17.5 Å². The maximum absolute atomic E-state index is 13.9. The summed E-state index contributed by atoms with van der Waals surface area (Å²) in [6.07, 6.45) is 4.15. The first kappa shape index (κ1) is 19.5. The van der Waals surface area contributed by atoms with Crippen LogP contribution in [0.2, 0.25) is 0 Å². The number of benzene rings is 2. The Balaban J connectivity index is 1.61. The van der Waals surface area contributed by atoms with Crippen molar-refractivity contribution in [3.05, 3.63) is 96.1 Å². The number of ether oxygens (including phenoxy) is 1. The maximum atomic E-state index is 13.9. The van der Waals surface area contributed by atoms with Crippen molar-refractivity contribution in [2.75, 3.05) is 13.2 Å². The zero-order valence-electron chi connectivity index (χ0n) is 15.6. The first-order chi connectivity index (χ1) is 13.7. The Morgan fingerprint density at radius 1 is 1.00 bits per heavy atom. The molecule has 0 N–H and O–H groups in total. The van der Waals surface area contributed by atoms with Crippen molar-refractivity contribution in [1.29, 1.82) is 0 Å². The molecular formula is C23H23FN2O2. The number of hydrogen-bond acceptors (Lipinski definition) is 3. The number of halogens is 1. The molecule has 0 fully saturated rings. The molecule has 4 nitrogen and oxygen atoms in total. The van der Waals surface area contributed by atoms with Crippen LogP contribution in [-0.4, -0.2) is 28.9 Å². The minimum atomic E-state index is -0.247. The van der Waals surface area contributed by atoms with Crippen LogP contribution < -0.4 is 4.74 Å². The molecule has 5 heteroatoms. The van der Waals surface area contributed by atoms with Crippen molar-refractivity contribution in [3.8, 4) is 5.75 Å². The van der Waals surface area contributed by atoms with E-state index in [0.29, 0.717) is 31.7 Å². The summed E-state index contributed by atoms with van der Waals surface area (Å²) in [5, 5.41) is 0. The summed E-state index contributed by atoms with van der Waals surface area (Å²) in [5.41, 5.74) is 1.54. The van der Waals surface area contributed by atoms with Crippen molar-refractivity contribution in [1.82, 2.24) is 9.88 Å². The molecule has 0 unspecified atom stereocenters. The van der Waals surface area contributed by atoms with Gasteiger partial charge in [-0.3, -0.25) is 9.78 Å². The van der Waals surface area contributed by atoms with Gasteiger partial charge in [0.25, 0.3) is 0 Å². The highest BCUT2D eigenvalue weighted by Crippen LogP contribution is 2.12. The normalized spacial score (nSPS) is 10.5. The van der Waals surface area contributed by atoms with Gasteiger partial charge in [-0.05, 0) is 41.8 Å². The summed E-state index contributed by atoms with van der Waals surface area (Å²) in [6, 6.07) is 19.8. The molecule has 1 amide bonds. The second kappa shape index (κ2) is 10.2. The third-order valence-electron chi connectivity index (χ3n) is 4.39. The van der Waals surface area contributed by atoms with E-state index in [-0.39, 0.29) is 18.1 Å². The molecule has 144 valence electrons. The van der Waals surface area contributed by atoms with E-state index in [9.17, 15) is 9.18 Å². The van der Waals surface area contributed by atoms with E-state index in [1.54, 1.807) is 35.5 Å². The molecule has 0 atom stereocenters. The predicted octanol–water partition coefficient (Wildman–Crippen LogP) is 4.26. The van der Waals surface area contributed by atoms with Gasteiger partial charge in [0.1, 0.15) is 11.6 Å². The molecule has 0 bridgehead atoms. The van der Waals surface area contributed by atoms with E-state index in [0.717, 1.165) is 11.3 Å². The first-order valence-corrected chi connectivity index (χ1v) is 9.30. The molecule has 0 radical (unpaired) electrons. The zero-order chi connectivity index (χ0) is 19.6. The summed E-state index contributed by atoms with van der Waals surface area (Å²) in [7, 11) is 0. The average molecular weight is 378 g/mol. The van der Waals surface area contributed by atoms with Crippen LogP contribution in [0, 0.1) is 5.82 Å². The smallest absolute Gasteiger partial charge is 0.226 e. The van der Waals surface area contributed by atoms with E-state index >= 15 is 0 Å². The van der Waals surface area contributed by atoms with Gasteiger partial charge >= 0.3 is 0 Å². The Kier molecular flexibility index (Phi) is 7.13. The molecule has 0 saturated carbocycles. The quantitative estimate of drug-likeness (QED) is 0.559. The average Bonchev–Trinajstić information content (AvgIpc) is 2.73. The van der Waals surface area contributed by atoms with Crippen molar-refractivity contribution >= 4 is 5.91 Å². The lowest BCUT2D eigenvalue weighted by atomic mass is 10.1. The molecule has 2 aromatic carbocycles. The topological polar surface area (TPSA) is 42.4 Å². The summed E-state index contributed by atoms with van der Waals surface area (Å²) < 4.78 is 19.6. The summed E-state index contributed by atoms with van der Waals surface area (Å²) in [6.45, 7) is 1.17. The Hall–Kier alpha value is -3.21. The number of amides is 1. The van der Waals surface area contributed by atoms with Gasteiger partial charge in [0, 0.05) is 25.5 Å². The fourth-order valence-electron chi connectivity index (χ4n) is 2.89. The highest BCUT2D eigenvalue weighted by Gasteiger charge is 2.15. The van der Waals surface area contributed by atoms with Crippen LogP contribution in [0.4, 0.5) is 4.39 Å². The van der Waals surface area contributed by atoms with E-state index in [1.165, 1.54) is 6.07 Å². The summed E-state index contributed by atoms with van der Waals surface area (Å²) in [5.74, 6) is 0.459. The number of nitrogens with zero attached hydrogens (tertiary/aromatic N) is 2. The van der Waals surface area contributed by atoms with E-state index in [4.69, 9.17) is 4.74 Å². The third-order valence-corrected chi connectivity index (χ3v) is 4.39. The molecule has 1 aromatic heterocycles. The fraction of sp³-hybridized carbons (Fsp3) is 0.217. The molecule has 0 aliphatic carbocycles. The van der Waals surface area contributed by atoms with Crippen LogP contribution in [-0.2, 0) is 17.8 Å². The largest absolute Gasteiger partial charge is 0.493 e. The molecule has 0 aliphatic rings. The summed E-state index contributed by atoms with van der Waals surface area (Å²) in [4.78, 5) is 18.6. The second-order valence-electron chi connectivity index (χ2n) is 6.43. The molecular weight excluding hydrogens is 355 g/mol. The lowest BCUT2D eigenvalue weighted by Gasteiger charge is -2.23. The third kappa shape index (κ3) is 5.91. The second-order valence-corrected chi connectivity index (χ2v) is 6.43. The molecule has 28 heavy (non-hydrogen) atoms. The van der Waals surface area contributed by atoms with Crippen molar-refractivity contribution in [3.63, 3.8) is 0 Å². The molecule has 0 aliphatic heterocycles. The highest BCUT2D eigenvalue weighted by molar-refractivity contribution is 5.76. The minimum Gasteiger partial charge on any atom is -0.493 e. The highest BCUT2D eigenvalue weighted by atomic mass is 19.1. The Morgan fingerprint density at radius 3 is 2.54 bits per heavy atom. The van der Waals surface area contributed by atoms with Gasteiger partial charge in [-0.1, -0.05) is 42.5 Å². The molecule has 3 rings (SSSR count). The number of rotatable bonds is 9. The number of carbonyl (C=O) groups excluding carboxylic acids is 1. The summed E-state index contributed by atoms with van der Waals surface area (Å²) >= 11 is 0. The van der Waals surface area contributed by atoms with Gasteiger partial charge in [0.05, 0.1) is 13.0 Å². The number of pyridine rings is 1. The van der Waals surface area contributed by atoms with Gasteiger partial charge in [-0.2, -0.15) is 0 Å². The van der Waals surface area contributed by atoms with Crippen LogP contribution in [0.25, 0.3) is 0 Å². The van der Waals surface area contributed by atoms with Gasteiger partial charge in [0.2, 0.25) is 5.91 Å². The van der Waals surface area contributed by atoms with Crippen molar-refractivity contribution in [2.24, 2.45) is 0 Å². The monoisotopic (exact) mass is 378 g/mol. The SMILES string of the molecule is O=C(CCOc1ccccc1)N(CCc1ccccc1F)Cc1cccnc1. The lowest BCUT2D eigenvalue weighted by Crippen LogP contribution is -2.33. The Morgan fingerprint density at radius 2 is 1.79 bits per heavy atom. The molecule has 0 saturated heterocycles. The zero-order valence-corrected chi connectivity index (χ0v) is 15.6. The van der Waals surface area contributed by atoms with Crippen molar-refractivity contribution in [2.45, 2.75) is 19.4 Å². The Labute approximate surface area is 164 Å². The fourth-order valence-corrected chi connectivity index (χ4v) is 2.89. The Bertz CT molecular complexity index is 872. The van der Waals surface area contributed by atoms with Crippen LogP contribution in [0.3, 0.4) is 0 Å². The number of hydrogen-bond donors (Lipinski definition) is 0. The lowest BCUT2D eigenvalue weighted by molar-refractivity contribution is -0.132. The van der Waals surface area contributed by atoms with Crippen LogP contribution >= 0.6 is 0 Å². The van der Waals surface area contributed by atoms with Crippen LogP contribution in [0.15, 0.2) is 79.1 Å². The number of carbonyl (C=O) groups is 1. The first-order valence-electron chi connectivity index (χ1n) is 9.30. The molecule has 0 spiro atoms. The van der Waals surface area contributed by atoms with Crippen molar-refractivity contribution < 1.29 is 13.9 Å². The van der Waals surface area contributed by atoms with E-state index in [2.05, 4.69) is 4.98 Å². The molecule has 3 aromatic rings. The number of para-hydroxylation sites is 1. The standard InChI is InChI=1S/C23H23FN2O2/c24-22-11-5-4-8-20(22)12-15-26(18-19-7-6-14-25-17-19)23(27)13-16-28-21-9-2-1-3-10-21/h1-11,14,17H,12-13,15-16,18H2. The van der Waals surface area contributed by atoms with E-state index < -0.39 is 0 Å². The van der Waals surface area contributed by atoms with Gasteiger partial charge in [-0.25, -0.2) is 4.39 Å². The minimum absolute atomic E-state index is 0.0314. The van der Waals surface area contributed by atoms with Crippen LogP contribution in [0.5, 0.6) is 5.75 Å². The molecule has 1 heterocycles. The van der Waals surface area contributed by atoms with Gasteiger partial charge < -0.3 is 9.64 Å².